The van der Waals surface area contributed by atoms with Crippen LogP contribution in [0.3, 0.4) is 0 Å². The van der Waals surface area contributed by atoms with Crippen molar-refractivity contribution in [2.24, 2.45) is 0 Å². The lowest BCUT2D eigenvalue weighted by Gasteiger charge is -2.06. The lowest BCUT2D eigenvalue weighted by molar-refractivity contribution is 0.383. The summed E-state index contributed by atoms with van der Waals surface area (Å²) in [7, 11) is -4.92. The van der Waals surface area contributed by atoms with E-state index in [0.29, 0.717) is 12.1 Å². The molecule has 0 saturated carbocycles. The summed E-state index contributed by atoms with van der Waals surface area (Å²) >= 11 is 0. The quantitative estimate of drug-likeness (QED) is 0.460. The average molecular weight is 209 g/mol. The van der Waals surface area contributed by atoms with Crippen molar-refractivity contribution in [2.75, 3.05) is 5.73 Å². The van der Waals surface area contributed by atoms with Crippen LogP contribution in [0.25, 0.3) is 0 Å². The lowest BCUT2D eigenvalue weighted by Crippen LogP contribution is -2.15. The summed E-state index contributed by atoms with van der Waals surface area (Å²) in [5.41, 5.74) is 4.81. The van der Waals surface area contributed by atoms with Gasteiger partial charge in [0.25, 0.3) is 0 Å². The molecule has 0 heterocycles. The fraction of sp³-hybridized carbons (Fsp3) is 0. The van der Waals surface area contributed by atoms with Crippen molar-refractivity contribution >= 4 is 18.6 Å². The maximum Gasteiger partial charge on any atom is 0.362 e. The molecule has 0 spiro atoms. The van der Waals surface area contributed by atoms with Crippen LogP contribution < -0.4 is 11.0 Å². The fourth-order valence-corrected chi connectivity index (χ4v) is 1.55. The Labute approximate surface area is 72.2 Å². The molecule has 7 heteroatoms. The molecule has 0 radical (unpaired) electrons. The second-order valence-corrected chi connectivity index (χ2v) is 3.91. The van der Waals surface area contributed by atoms with Gasteiger partial charge in [-0.25, -0.2) is 8.78 Å². The largest absolute Gasteiger partial charge is 0.399 e. The monoisotopic (exact) mass is 209 g/mol. The zero-order valence-corrected chi connectivity index (χ0v) is 7.13. The van der Waals surface area contributed by atoms with E-state index in [1.165, 1.54) is 0 Å². The summed E-state index contributed by atoms with van der Waals surface area (Å²) in [4.78, 5) is 17.1. The lowest BCUT2D eigenvalue weighted by atomic mass is 10.3. The molecule has 0 saturated heterocycles. The highest BCUT2D eigenvalue weighted by atomic mass is 31.2. The summed E-state index contributed by atoms with van der Waals surface area (Å²) in [5.74, 6) is -2.68. The first kappa shape index (κ1) is 10.1. The van der Waals surface area contributed by atoms with Gasteiger partial charge in [0.15, 0.2) is 0 Å². The standard InChI is InChI=1S/C6H6F2NO3P/c7-4-1-3(9)2-5(8)6(4)13(10,11)12/h1-2H,9H2,(H2,10,11,12). The van der Waals surface area contributed by atoms with Gasteiger partial charge in [-0.3, -0.25) is 4.57 Å². The van der Waals surface area contributed by atoms with E-state index in [2.05, 4.69) is 0 Å². The minimum absolute atomic E-state index is 0.229. The molecule has 1 aromatic carbocycles. The number of nitrogens with two attached hydrogens (primary N) is 1. The Morgan fingerprint density at radius 1 is 1.23 bits per heavy atom. The van der Waals surface area contributed by atoms with Crippen molar-refractivity contribution in [1.82, 2.24) is 0 Å². The highest BCUT2D eigenvalue weighted by Crippen LogP contribution is 2.35. The van der Waals surface area contributed by atoms with Gasteiger partial charge in [0.05, 0.1) is 0 Å². The molecule has 0 fully saturated rings. The number of hydrogen-bond donors (Lipinski definition) is 3. The molecule has 72 valence electrons. The van der Waals surface area contributed by atoms with Gasteiger partial charge in [0, 0.05) is 5.69 Å². The number of halogens is 2. The smallest absolute Gasteiger partial charge is 0.362 e. The van der Waals surface area contributed by atoms with Gasteiger partial charge in [-0.1, -0.05) is 0 Å². The highest BCUT2D eigenvalue weighted by molar-refractivity contribution is 7.60. The van der Waals surface area contributed by atoms with Gasteiger partial charge in [-0.05, 0) is 12.1 Å². The normalized spacial score (nSPS) is 11.7. The van der Waals surface area contributed by atoms with Gasteiger partial charge in [-0.2, -0.15) is 0 Å². The van der Waals surface area contributed by atoms with E-state index in [1.54, 1.807) is 0 Å². The van der Waals surface area contributed by atoms with E-state index in [4.69, 9.17) is 15.5 Å². The van der Waals surface area contributed by atoms with Crippen molar-refractivity contribution in [2.45, 2.75) is 0 Å². The molecule has 0 bridgehead atoms. The van der Waals surface area contributed by atoms with Crippen molar-refractivity contribution in [1.29, 1.82) is 0 Å². The third kappa shape index (κ3) is 2.03. The molecular formula is C6H6F2NO3P. The second-order valence-electron chi connectivity index (χ2n) is 2.38. The van der Waals surface area contributed by atoms with E-state index >= 15 is 0 Å². The summed E-state index contributed by atoms with van der Waals surface area (Å²) in [6.45, 7) is 0. The Morgan fingerprint density at radius 2 is 1.62 bits per heavy atom. The summed E-state index contributed by atoms with van der Waals surface area (Å²) in [6, 6.07) is 1.30. The van der Waals surface area contributed by atoms with E-state index in [9.17, 15) is 13.3 Å². The van der Waals surface area contributed by atoms with E-state index in [-0.39, 0.29) is 5.69 Å². The second kappa shape index (κ2) is 3.06. The maximum atomic E-state index is 12.8. The van der Waals surface area contributed by atoms with Crippen LogP contribution in [0.4, 0.5) is 14.5 Å². The van der Waals surface area contributed by atoms with Gasteiger partial charge >= 0.3 is 7.60 Å². The van der Waals surface area contributed by atoms with Crippen LogP contribution in [0.2, 0.25) is 0 Å². The van der Waals surface area contributed by atoms with Crippen LogP contribution in [-0.2, 0) is 4.57 Å². The van der Waals surface area contributed by atoms with Crippen LogP contribution in [0.1, 0.15) is 0 Å². The molecule has 1 rings (SSSR count). The molecule has 1 aromatic rings. The number of anilines is 1. The molecule has 0 aliphatic heterocycles. The van der Waals surface area contributed by atoms with Crippen LogP contribution in [0, 0.1) is 11.6 Å². The van der Waals surface area contributed by atoms with E-state index in [1.807, 2.05) is 0 Å². The number of rotatable bonds is 1. The highest BCUT2D eigenvalue weighted by Gasteiger charge is 2.27. The molecule has 0 amide bonds. The van der Waals surface area contributed by atoms with Gasteiger partial charge in [0.2, 0.25) is 0 Å². The van der Waals surface area contributed by atoms with Gasteiger partial charge in [0.1, 0.15) is 16.9 Å². The predicted octanol–water partition coefficient (Wildman–Crippen LogP) is 0.350. The number of hydrogen-bond acceptors (Lipinski definition) is 2. The summed E-state index contributed by atoms with van der Waals surface area (Å²) in [6.07, 6.45) is 0. The topological polar surface area (TPSA) is 83.6 Å². The van der Waals surface area contributed by atoms with Gasteiger partial charge < -0.3 is 15.5 Å². The first-order chi connectivity index (χ1) is 5.82. The Bertz CT molecular complexity index is 366. The van der Waals surface area contributed by atoms with Crippen molar-refractivity contribution in [3.63, 3.8) is 0 Å². The Kier molecular flexibility index (Phi) is 2.38. The molecular weight excluding hydrogens is 203 g/mol. The first-order valence-corrected chi connectivity index (χ1v) is 4.74. The number of nitrogen functional groups attached to an aromatic ring is 1. The fourth-order valence-electron chi connectivity index (χ4n) is 0.863. The zero-order chi connectivity index (χ0) is 10.2. The Morgan fingerprint density at radius 3 is 1.92 bits per heavy atom. The van der Waals surface area contributed by atoms with E-state index < -0.39 is 24.5 Å². The summed E-state index contributed by atoms with van der Waals surface area (Å²) < 4.78 is 36.1. The van der Waals surface area contributed by atoms with Crippen molar-refractivity contribution in [3.05, 3.63) is 23.8 Å². The average Bonchev–Trinajstić information content (AvgIpc) is 1.78. The molecule has 4 nitrogen and oxygen atoms in total. The molecule has 13 heavy (non-hydrogen) atoms. The predicted molar refractivity (Wildman–Crippen MR) is 42.4 cm³/mol. The molecule has 0 aliphatic rings. The Balaban J connectivity index is 3.47. The molecule has 4 N–H and O–H groups in total. The maximum absolute atomic E-state index is 12.8. The van der Waals surface area contributed by atoms with Gasteiger partial charge in [-0.15, -0.1) is 0 Å². The van der Waals surface area contributed by atoms with Crippen molar-refractivity contribution in [3.8, 4) is 0 Å². The zero-order valence-electron chi connectivity index (χ0n) is 6.24. The molecule has 0 unspecified atom stereocenters. The number of benzene rings is 1. The Hall–Kier alpha value is -0.970. The van der Waals surface area contributed by atoms with Crippen molar-refractivity contribution < 1.29 is 23.1 Å². The van der Waals surface area contributed by atoms with Crippen LogP contribution in [0.15, 0.2) is 12.1 Å². The van der Waals surface area contributed by atoms with E-state index in [0.717, 1.165) is 0 Å². The van der Waals surface area contributed by atoms with Crippen LogP contribution in [0.5, 0.6) is 0 Å². The molecule has 0 aromatic heterocycles. The third-order valence-electron chi connectivity index (χ3n) is 1.33. The van der Waals surface area contributed by atoms with Crippen LogP contribution >= 0.6 is 7.60 Å². The minimum atomic E-state index is -4.92. The first-order valence-electron chi connectivity index (χ1n) is 3.13. The third-order valence-corrected chi connectivity index (χ3v) is 2.34. The van der Waals surface area contributed by atoms with Crippen LogP contribution in [-0.4, -0.2) is 9.79 Å². The minimum Gasteiger partial charge on any atom is -0.399 e. The molecule has 0 aliphatic carbocycles. The summed E-state index contributed by atoms with van der Waals surface area (Å²) in [5, 5.41) is -1.25. The molecule has 0 atom stereocenters. The SMILES string of the molecule is Nc1cc(F)c(P(=O)(O)O)c(F)c1.